The first-order valence-electron chi connectivity index (χ1n) is 8.38. The molecule has 0 saturated carbocycles. The summed E-state index contributed by atoms with van der Waals surface area (Å²) in [5.41, 5.74) is 1.20. The highest BCUT2D eigenvalue weighted by atomic mass is 127. The monoisotopic (exact) mass is 433 g/mol. The lowest BCUT2D eigenvalue weighted by Gasteiger charge is -2.15. The summed E-state index contributed by atoms with van der Waals surface area (Å²) in [6, 6.07) is 8.16. The Morgan fingerprint density at radius 1 is 1.17 bits per heavy atom. The molecule has 1 aromatic carbocycles. The molecule has 4 nitrogen and oxygen atoms in total. The molecule has 0 heterocycles. The molecular weight excluding hydrogens is 401 g/mol. The molecule has 0 aromatic heterocycles. The molecule has 2 N–H and O–H groups in total. The zero-order valence-electron chi connectivity index (χ0n) is 14.9. The number of hydrogen-bond donors (Lipinski definition) is 2. The van der Waals surface area contributed by atoms with Crippen molar-refractivity contribution in [3.63, 3.8) is 0 Å². The number of para-hydroxylation sites is 1. The van der Waals surface area contributed by atoms with Gasteiger partial charge < -0.3 is 15.4 Å². The van der Waals surface area contributed by atoms with Gasteiger partial charge >= 0.3 is 0 Å². The van der Waals surface area contributed by atoms with Gasteiger partial charge in [-0.25, -0.2) is 0 Å². The molecule has 1 aromatic rings. The van der Waals surface area contributed by atoms with Crippen LogP contribution in [0, 0.1) is 0 Å². The van der Waals surface area contributed by atoms with Crippen LogP contribution >= 0.6 is 24.0 Å². The van der Waals surface area contributed by atoms with Gasteiger partial charge in [0, 0.05) is 25.6 Å². The number of ether oxygens (including phenoxy) is 1. The summed E-state index contributed by atoms with van der Waals surface area (Å²) in [5, 5.41) is 6.70. The standard InChI is InChI=1S/C18H31N3O.HI/c1-5-7-10-13-20-18(19-6-2)21-14-15(3)16-11-8-9-12-17(16)22-4;/h8-9,11-12,15H,5-7,10,13-14H2,1-4H3,(H2,19,20,21);1H. The van der Waals surface area contributed by atoms with Crippen LogP contribution in [-0.2, 0) is 0 Å². The van der Waals surface area contributed by atoms with E-state index in [9.17, 15) is 0 Å². The largest absolute Gasteiger partial charge is 0.496 e. The molecule has 5 heteroatoms. The number of unbranched alkanes of at least 4 members (excludes halogenated alkanes) is 2. The summed E-state index contributed by atoms with van der Waals surface area (Å²) in [7, 11) is 1.72. The normalized spacial score (nSPS) is 12.3. The molecule has 1 rings (SSSR count). The summed E-state index contributed by atoms with van der Waals surface area (Å²) in [5.74, 6) is 2.16. The predicted octanol–water partition coefficient (Wildman–Crippen LogP) is 4.16. The fraction of sp³-hybridized carbons (Fsp3) is 0.611. The van der Waals surface area contributed by atoms with E-state index < -0.39 is 0 Å². The van der Waals surface area contributed by atoms with E-state index in [1.807, 2.05) is 18.2 Å². The minimum Gasteiger partial charge on any atom is -0.496 e. The van der Waals surface area contributed by atoms with Gasteiger partial charge in [0.15, 0.2) is 5.96 Å². The maximum atomic E-state index is 5.43. The van der Waals surface area contributed by atoms with Gasteiger partial charge in [0.05, 0.1) is 7.11 Å². The van der Waals surface area contributed by atoms with Gasteiger partial charge in [0.1, 0.15) is 5.75 Å². The van der Waals surface area contributed by atoms with Gasteiger partial charge in [-0.3, -0.25) is 4.99 Å². The highest BCUT2D eigenvalue weighted by Gasteiger charge is 2.10. The van der Waals surface area contributed by atoms with Gasteiger partial charge in [-0.05, 0) is 25.0 Å². The Kier molecular flexibility index (Phi) is 12.9. The van der Waals surface area contributed by atoms with Crippen molar-refractivity contribution in [1.82, 2.24) is 10.6 Å². The number of guanidine groups is 1. The highest BCUT2D eigenvalue weighted by molar-refractivity contribution is 14.0. The zero-order chi connectivity index (χ0) is 16.2. The Labute approximate surface area is 158 Å². The minimum atomic E-state index is 0. The van der Waals surface area contributed by atoms with Crippen LogP contribution in [0.25, 0.3) is 0 Å². The van der Waals surface area contributed by atoms with E-state index in [1.54, 1.807) is 7.11 Å². The Bertz CT molecular complexity index is 452. The van der Waals surface area contributed by atoms with Gasteiger partial charge in [-0.2, -0.15) is 0 Å². The molecule has 0 fully saturated rings. The topological polar surface area (TPSA) is 45.7 Å². The molecule has 23 heavy (non-hydrogen) atoms. The average molecular weight is 433 g/mol. The second kappa shape index (κ2) is 13.5. The number of rotatable bonds is 9. The Morgan fingerprint density at radius 2 is 1.91 bits per heavy atom. The lowest BCUT2D eigenvalue weighted by molar-refractivity contribution is 0.407. The molecule has 1 unspecified atom stereocenters. The minimum absolute atomic E-state index is 0. The number of nitrogens with one attached hydrogen (secondary N) is 2. The molecule has 0 spiro atoms. The molecular formula is C18H32IN3O. The number of aliphatic imine (C=N–C) groups is 1. The zero-order valence-corrected chi connectivity index (χ0v) is 17.2. The summed E-state index contributed by atoms with van der Waals surface area (Å²) in [4.78, 5) is 4.70. The van der Waals surface area contributed by atoms with Crippen molar-refractivity contribution in [3.8, 4) is 5.75 Å². The van der Waals surface area contributed by atoms with E-state index in [-0.39, 0.29) is 24.0 Å². The summed E-state index contributed by atoms with van der Waals surface area (Å²) in [6.45, 7) is 9.08. The lowest BCUT2D eigenvalue weighted by Crippen LogP contribution is -2.38. The molecule has 0 amide bonds. The van der Waals surface area contributed by atoms with E-state index in [0.29, 0.717) is 5.92 Å². The fourth-order valence-electron chi connectivity index (χ4n) is 2.32. The van der Waals surface area contributed by atoms with Crippen LogP contribution in [0.2, 0.25) is 0 Å². The predicted molar refractivity (Wildman–Crippen MR) is 110 cm³/mol. The first-order valence-corrected chi connectivity index (χ1v) is 8.38. The summed E-state index contributed by atoms with van der Waals surface area (Å²) in [6.07, 6.45) is 3.67. The third-order valence-corrected chi connectivity index (χ3v) is 3.61. The molecule has 0 bridgehead atoms. The average Bonchev–Trinajstić information content (AvgIpc) is 2.56. The van der Waals surface area contributed by atoms with Crippen LogP contribution in [0.5, 0.6) is 5.75 Å². The molecule has 132 valence electrons. The van der Waals surface area contributed by atoms with E-state index in [0.717, 1.165) is 31.3 Å². The molecule has 0 saturated heterocycles. The molecule has 0 aliphatic heterocycles. The maximum absolute atomic E-state index is 5.43. The van der Waals surface area contributed by atoms with Crippen LogP contribution in [0.15, 0.2) is 29.3 Å². The summed E-state index contributed by atoms with van der Waals surface area (Å²) >= 11 is 0. The third kappa shape index (κ3) is 8.44. The molecule has 0 aliphatic rings. The number of nitrogens with zero attached hydrogens (tertiary/aromatic N) is 1. The van der Waals surface area contributed by atoms with Crippen LogP contribution in [0.4, 0.5) is 0 Å². The van der Waals surface area contributed by atoms with Crippen LogP contribution in [0.1, 0.15) is 51.5 Å². The van der Waals surface area contributed by atoms with Crippen molar-refractivity contribution >= 4 is 29.9 Å². The van der Waals surface area contributed by atoms with Crippen molar-refractivity contribution in [1.29, 1.82) is 0 Å². The van der Waals surface area contributed by atoms with Crippen molar-refractivity contribution in [2.45, 2.75) is 46.0 Å². The number of methoxy groups -OCH3 is 1. The van der Waals surface area contributed by atoms with E-state index >= 15 is 0 Å². The van der Waals surface area contributed by atoms with Gasteiger partial charge in [-0.15, -0.1) is 24.0 Å². The maximum Gasteiger partial charge on any atom is 0.191 e. The van der Waals surface area contributed by atoms with Gasteiger partial charge in [-0.1, -0.05) is 44.9 Å². The highest BCUT2D eigenvalue weighted by Crippen LogP contribution is 2.26. The SMILES string of the molecule is CCCCCNC(=NCC(C)c1ccccc1OC)NCC.I. The Balaban J connectivity index is 0.00000484. The van der Waals surface area contributed by atoms with Crippen molar-refractivity contribution in [3.05, 3.63) is 29.8 Å². The Morgan fingerprint density at radius 3 is 2.57 bits per heavy atom. The quantitative estimate of drug-likeness (QED) is 0.266. The van der Waals surface area contributed by atoms with Gasteiger partial charge in [0.25, 0.3) is 0 Å². The lowest BCUT2D eigenvalue weighted by atomic mass is 10.0. The second-order valence-electron chi connectivity index (χ2n) is 5.50. The first-order chi connectivity index (χ1) is 10.7. The van der Waals surface area contributed by atoms with Crippen LogP contribution in [-0.4, -0.2) is 32.7 Å². The smallest absolute Gasteiger partial charge is 0.191 e. The third-order valence-electron chi connectivity index (χ3n) is 3.61. The van der Waals surface area contributed by atoms with Crippen molar-refractivity contribution in [2.24, 2.45) is 4.99 Å². The molecule has 1 atom stereocenters. The fourth-order valence-corrected chi connectivity index (χ4v) is 2.32. The van der Waals surface area contributed by atoms with Gasteiger partial charge in [0.2, 0.25) is 0 Å². The van der Waals surface area contributed by atoms with Crippen LogP contribution < -0.4 is 15.4 Å². The van der Waals surface area contributed by atoms with E-state index in [1.165, 1.54) is 24.8 Å². The molecule has 0 radical (unpaired) electrons. The van der Waals surface area contributed by atoms with Crippen molar-refractivity contribution in [2.75, 3.05) is 26.7 Å². The van der Waals surface area contributed by atoms with Crippen molar-refractivity contribution < 1.29 is 4.74 Å². The Hall–Kier alpha value is -0.980. The second-order valence-corrected chi connectivity index (χ2v) is 5.50. The summed E-state index contributed by atoms with van der Waals surface area (Å²) < 4.78 is 5.43. The number of hydrogen-bond acceptors (Lipinski definition) is 2. The van der Waals surface area contributed by atoms with E-state index in [4.69, 9.17) is 9.73 Å². The number of benzene rings is 1. The first kappa shape index (κ1) is 22.0. The molecule has 0 aliphatic carbocycles. The number of halogens is 1. The van der Waals surface area contributed by atoms with Crippen LogP contribution in [0.3, 0.4) is 0 Å². The van der Waals surface area contributed by atoms with E-state index in [2.05, 4.69) is 37.5 Å².